The van der Waals surface area contributed by atoms with Crippen molar-refractivity contribution in [2.45, 2.75) is 31.4 Å². The normalized spacial score (nSPS) is 25.8. The molecule has 8 nitrogen and oxygen atoms in total. The first kappa shape index (κ1) is 12.1. The van der Waals surface area contributed by atoms with Gasteiger partial charge in [-0.2, -0.15) is 10.1 Å². The zero-order chi connectivity index (χ0) is 13.2. The van der Waals surface area contributed by atoms with E-state index in [1.807, 2.05) is 0 Å². The number of anilines is 1. The summed E-state index contributed by atoms with van der Waals surface area (Å²) in [7, 11) is 0. The number of hydrogen-bond donors (Lipinski definition) is 2. The summed E-state index contributed by atoms with van der Waals surface area (Å²) in [6.45, 7) is 1.22. The number of hydrogen-bond acceptors (Lipinski definition) is 5. The van der Waals surface area contributed by atoms with Crippen molar-refractivity contribution in [3.8, 4) is 0 Å². The Hall–Kier alpha value is -1.96. The first-order valence-electron chi connectivity index (χ1n) is 6.32. The molecule has 1 aromatic heterocycles. The van der Waals surface area contributed by atoms with Crippen LogP contribution in [-0.2, 0) is 14.3 Å². The summed E-state index contributed by atoms with van der Waals surface area (Å²) in [6.07, 6.45) is 3.46. The lowest BCUT2D eigenvalue weighted by molar-refractivity contribution is -0.129. The maximum absolute atomic E-state index is 12.1. The third-order valence-corrected chi connectivity index (χ3v) is 3.33. The van der Waals surface area contributed by atoms with Crippen LogP contribution in [0, 0.1) is 0 Å². The van der Waals surface area contributed by atoms with Crippen molar-refractivity contribution in [1.29, 1.82) is 0 Å². The largest absolute Gasteiger partial charge is 0.376 e. The highest BCUT2D eigenvalue weighted by Crippen LogP contribution is 2.21. The van der Waals surface area contributed by atoms with Crippen LogP contribution in [0.4, 0.5) is 5.95 Å². The fourth-order valence-corrected chi connectivity index (χ4v) is 2.35. The van der Waals surface area contributed by atoms with Crippen LogP contribution in [0.2, 0.25) is 0 Å². The van der Waals surface area contributed by atoms with E-state index in [9.17, 15) is 9.59 Å². The van der Waals surface area contributed by atoms with Gasteiger partial charge in [-0.3, -0.25) is 14.9 Å². The standard InChI is InChI=1S/C11H15N5O3/c17-9-4-8(16-11(15-9)13-6-14-16)10(18)12-5-7-2-1-3-19-7/h6-8H,1-5H2,(H,12,18)(H,13,14,15,17). The van der Waals surface area contributed by atoms with E-state index in [0.717, 1.165) is 19.4 Å². The molecule has 2 aliphatic heterocycles. The maximum atomic E-state index is 12.1. The van der Waals surface area contributed by atoms with E-state index in [-0.39, 0.29) is 24.3 Å². The van der Waals surface area contributed by atoms with Crippen LogP contribution in [0.15, 0.2) is 6.33 Å². The SMILES string of the molecule is O=C1CC(C(=O)NCC2CCCO2)n2ncnc2N1. The second-order valence-electron chi connectivity index (χ2n) is 4.68. The molecule has 0 spiro atoms. The molecule has 102 valence electrons. The Morgan fingerprint density at radius 3 is 3.32 bits per heavy atom. The van der Waals surface area contributed by atoms with E-state index in [1.165, 1.54) is 11.0 Å². The van der Waals surface area contributed by atoms with Crippen LogP contribution in [0.1, 0.15) is 25.3 Å². The molecule has 0 saturated carbocycles. The molecule has 0 aliphatic carbocycles. The maximum Gasteiger partial charge on any atom is 0.245 e. The predicted octanol–water partition coefficient (Wildman–Crippen LogP) is -0.543. The predicted molar refractivity (Wildman–Crippen MR) is 64.3 cm³/mol. The molecule has 0 radical (unpaired) electrons. The Morgan fingerprint density at radius 1 is 1.63 bits per heavy atom. The summed E-state index contributed by atoms with van der Waals surface area (Å²) in [4.78, 5) is 27.5. The molecule has 1 aromatic rings. The van der Waals surface area contributed by atoms with Crippen LogP contribution in [0.5, 0.6) is 0 Å². The lowest BCUT2D eigenvalue weighted by Crippen LogP contribution is -2.41. The summed E-state index contributed by atoms with van der Waals surface area (Å²) < 4.78 is 6.87. The number of aromatic nitrogens is 3. The highest BCUT2D eigenvalue weighted by molar-refractivity contribution is 5.95. The Morgan fingerprint density at radius 2 is 2.53 bits per heavy atom. The van der Waals surface area contributed by atoms with Gasteiger partial charge in [-0.05, 0) is 12.8 Å². The molecule has 2 atom stereocenters. The van der Waals surface area contributed by atoms with Gasteiger partial charge in [0.05, 0.1) is 12.5 Å². The van der Waals surface area contributed by atoms with Gasteiger partial charge in [0.1, 0.15) is 12.4 Å². The van der Waals surface area contributed by atoms with Crippen LogP contribution < -0.4 is 10.6 Å². The number of carbonyl (C=O) groups excluding carboxylic acids is 2. The highest BCUT2D eigenvalue weighted by Gasteiger charge is 2.32. The van der Waals surface area contributed by atoms with E-state index in [4.69, 9.17) is 4.74 Å². The zero-order valence-corrected chi connectivity index (χ0v) is 10.3. The van der Waals surface area contributed by atoms with Gasteiger partial charge < -0.3 is 10.1 Å². The third kappa shape index (κ3) is 2.43. The molecule has 8 heteroatoms. The van der Waals surface area contributed by atoms with Crippen molar-refractivity contribution in [3.63, 3.8) is 0 Å². The Labute approximate surface area is 109 Å². The molecule has 2 N–H and O–H groups in total. The number of nitrogens with one attached hydrogen (secondary N) is 2. The van der Waals surface area contributed by atoms with E-state index in [0.29, 0.717) is 12.5 Å². The number of fused-ring (bicyclic) bond motifs is 1. The fraction of sp³-hybridized carbons (Fsp3) is 0.636. The Balaban J connectivity index is 1.65. The van der Waals surface area contributed by atoms with Crippen molar-refractivity contribution in [3.05, 3.63) is 6.33 Å². The second kappa shape index (κ2) is 4.96. The zero-order valence-electron chi connectivity index (χ0n) is 10.3. The van der Waals surface area contributed by atoms with Gasteiger partial charge in [0.15, 0.2) is 0 Å². The molecule has 0 aromatic carbocycles. The number of nitrogens with zero attached hydrogens (tertiary/aromatic N) is 3. The quantitative estimate of drug-likeness (QED) is 0.764. The molecule has 2 aliphatic rings. The van der Waals surface area contributed by atoms with Gasteiger partial charge in [0, 0.05) is 13.2 Å². The summed E-state index contributed by atoms with van der Waals surface area (Å²) >= 11 is 0. The summed E-state index contributed by atoms with van der Waals surface area (Å²) in [5.74, 6) is -0.136. The van der Waals surface area contributed by atoms with Crippen LogP contribution in [0.25, 0.3) is 0 Å². The molecule has 3 rings (SSSR count). The average molecular weight is 265 g/mol. The van der Waals surface area contributed by atoms with Crippen molar-refractivity contribution in [2.24, 2.45) is 0 Å². The van der Waals surface area contributed by atoms with Crippen molar-refractivity contribution < 1.29 is 14.3 Å². The van der Waals surface area contributed by atoms with E-state index >= 15 is 0 Å². The Kier molecular flexibility index (Phi) is 3.16. The lowest BCUT2D eigenvalue weighted by Gasteiger charge is -2.23. The second-order valence-corrected chi connectivity index (χ2v) is 4.68. The number of carbonyl (C=O) groups is 2. The number of ether oxygens (including phenoxy) is 1. The first-order chi connectivity index (χ1) is 9.24. The molecular formula is C11H15N5O3. The monoisotopic (exact) mass is 265 g/mol. The topological polar surface area (TPSA) is 98.1 Å². The number of rotatable bonds is 3. The Bertz CT molecular complexity index is 494. The van der Waals surface area contributed by atoms with Gasteiger partial charge in [0.2, 0.25) is 17.8 Å². The minimum Gasteiger partial charge on any atom is -0.376 e. The smallest absolute Gasteiger partial charge is 0.245 e. The minimum atomic E-state index is -0.632. The summed E-state index contributed by atoms with van der Waals surface area (Å²) in [6, 6.07) is -0.632. The molecule has 19 heavy (non-hydrogen) atoms. The summed E-state index contributed by atoms with van der Waals surface area (Å²) in [5.41, 5.74) is 0. The first-order valence-corrected chi connectivity index (χ1v) is 6.32. The van der Waals surface area contributed by atoms with Gasteiger partial charge in [-0.15, -0.1) is 0 Å². The van der Waals surface area contributed by atoms with Crippen molar-refractivity contribution >= 4 is 17.8 Å². The molecule has 0 bridgehead atoms. The molecule has 2 unspecified atom stereocenters. The van der Waals surface area contributed by atoms with Crippen LogP contribution >= 0.6 is 0 Å². The van der Waals surface area contributed by atoms with E-state index in [1.54, 1.807) is 0 Å². The summed E-state index contributed by atoms with van der Waals surface area (Å²) in [5, 5.41) is 9.35. The van der Waals surface area contributed by atoms with Crippen molar-refractivity contribution in [1.82, 2.24) is 20.1 Å². The highest BCUT2D eigenvalue weighted by atomic mass is 16.5. The molecule has 2 amide bonds. The molecule has 3 heterocycles. The minimum absolute atomic E-state index is 0.0771. The number of amides is 2. The van der Waals surface area contributed by atoms with E-state index in [2.05, 4.69) is 20.7 Å². The molecular weight excluding hydrogens is 250 g/mol. The van der Waals surface area contributed by atoms with Gasteiger partial charge >= 0.3 is 0 Å². The molecule has 1 saturated heterocycles. The van der Waals surface area contributed by atoms with Gasteiger partial charge in [-0.1, -0.05) is 0 Å². The van der Waals surface area contributed by atoms with Crippen LogP contribution in [0.3, 0.4) is 0 Å². The van der Waals surface area contributed by atoms with Crippen molar-refractivity contribution in [2.75, 3.05) is 18.5 Å². The van der Waals surface area contributed by atoms with Gasteiger partial charge in [-0.25, -0.2) is 4.68 Å². The van der Waals surface area contributed by atoms with Gasteiger partial charge in [0.25, 0.3) is 0 Å². The molecule has 1 fully saturated rings. The van der Waals surface area contributed by atoms with E-state index < -0.39 is 6.04 Å². The average Bonchev–Trinajstić information content (AvgIpc) is 3.05. The fourth-order valence-electron chi connectivity index (χ4n) is 2.35. The van der Waals surface area contributed by atoms with Crippen LogP contribution in [-0.4, -0.2) is 45.8 Å². The third-order valence-electron chi connectivity index (χ3n) is 3.33. The lowest BCUT2D eigenvalue weighted by atomic mass is 10.1.